The van der Waals surface area contributed by atoms with Crippen LogP contribution in [0.4, 0.5) is 5.69 Å². The Hall–Kier alpha value is -3.23. The van der Waals surface area contributed by atoms with E-state index in [2.05, 4.69) is 15.9 Å². The Morgan fingerprint density at radius 2 is 1.90 bits per heavy atom. The maximum atomic E-state index is 12.9. The molecule has 8 heteroatoms. The summed E-state index contributed by atoms with van der Waals surface area (Å²) in [4.78, 5) is 39.5. The summed E-state index contributed by atoms with van der Waals surface area (Å²) in [6.07, 6.45) is 0. The van der Waals surface area contributed by atoms with Gasteiger partial charge in [0, 0.05) is 28.5 Å². The van der Waals surface area contributed by atoms with E-state index >= 15 is 0 Å². The van der Waals surface area contributed by atoms with Crippen molar-refractivity contribution in [1.82, 2.24) is 0 Å². The number of esters is 1. The molecule has 0 aliphatic rings. The number of rotatable bonds is 5. The van der Waals surface area contributed by atoms with Gasteiger partial charge in [0.05, 0.1) is 16.1 Å². The minimum absolute atomic E-state index is 0.112. The molecule has 156 valence electrons. The summed E-state index contributed by atoms with van der Waals surface area (Å²) >= 11 is 4.67. The van der Waals surface area contributed by atoms with Crippen LogP contribution >= 0.6 is 27.3 Å². The number of ether oxygens (including phenoxy) is 1. The van der Waals surface area contributed by atoms with Crippen LogP contribution in [0.3, 0.4) is 0 Å². The molecule has 4 rings (SSSR count). The normalized spacial score (nSPS) is 10.8. The van der Waals surface area contributed by atoms with E-state index in [4.69, 9.17) is 9.15 Å². The molecule has 0 saturated carbocycles. The summed E-state index contributed by atoms with van der Waals surface area (Å²) in [6, 6.07) is 16.9. The Kier molecular flexibility index (Phi) is 6.01. The van der Waals surface area contributed by atoms with Crippen LogP contribution in [-0.2, 0) is 11.3 Å². The first kappa shape index (κ1) is 21.0. The lowest BCUT2D eigenvalue weighted by Gasteiger charge is -2.19. The van der Waals surface area contributed by atoms with Crippen LogP contribution in [0.1, 0.15) is 25.6 Å². The van der Waals surface area contributed by atoms with E-state index in [9.17, 15) is 14.4 Å². The molecule has 2 aromatic heterocycles. The number of fused-ring (bicyclic) bond motifs is 1. The molecule has 1 amide bonds. The molecule has 0 fully saturated rings. The number of para-hydroxylation sites is 1. The van der Waals surface area contributed by atoms with Gasteiger partial charge in [-0.25, -0.2) is 9.59 Å². The van der Waals surface area contributed by atoms with Crippen molar-refractivity contribution in [3.8, 4) is 0 Å². The number of anilines is 1. The number of hydrogen-bond acceptors (Lipinski definition) is 6. The summed E-state index contributed by atoms with van der Waals surface area (Å²) in [5.41, 5.74) is 1.10. The number of nitrogens with zero attached hydrogens (tertiary/aromatic N) is 1. The van der Waals surface area contributed by atoms with E-state index in [1.165, 1.54) is 22.3 Å². The van der Waals surface area contributed by atoms with E-state index in [1.807, 2.05) is 11.4 Å². The number of benzene rings is 2. The standard InChI is InChI=1S/C23H16BrNO5S/c1-25(22(27)20-7-4-10-31-20)18-6-3-2-5-17(18)23(28)29-13-14-11-21(26)30-19-12-15(24)8-9-16(14)19/h2-12H,13H2,1H3. The molecular formula is C23H16BrNO5S. The average molecular weight is 498 g/mol. The van der Waals surface area contributed by atoms with Crippen molar-refractivity contribution < 1.29 is 18.7 Å². The number of carbonyl (C=O) groups is 2. The first-order valence-electron chi connectivity index (χ1n) is 9.24. The molecule has 0 spiro atoms. The summed E-state index contributed by atoms with van der Waals surface area (Å²) < 4.78 is 11.5. The van der Waals surface area contributed by atoms with Crippen molar-refractivity contribution in [1.29, 1.82) is 0 Å². The molecule has 2 aromatic carbocycles. The predicted octanol–water partition coefficient (Wildman–Crippen LogP) is 5.25. The first-order chi connectivity index (χ1) is 14.9. The fraction of sp³-hybridized carbons (Fsp3) is 0.0870. The maximum Gasteiger partial charge on any atom is 0.340 e. The monoisotopic (exact) mass is 497 g/mol. The number of hydrogen-bond donors (Lipinski definition) is 0. The Labute approximate surface area is 189 Å². The summed E-state index contributed by atoms with van der Waals surface area (Å²) in [6.45, 7) is -0.112. The van der Waals surface area contributed by atoms with Gasteiger partial charge < -0.3 is 14.1 Å². The second-order valence-corrected chi connectivity index (χ2v) is 8.53. The zero-order chi connectivity index (χ0) is 22.0. The topological polar surface area (TPSA) is 76.8 Å². The largest absolute Gasteiger partial charge is 0.457 e. The molecule has 2 heterocycles. The van der Waals surface area contributed by atoms with Gasteiger partial charge in [0.1, 0.15) is 12.2 Å². The molecule has 4 aromatic rings. The molecule has 0 atom stereocenters. The minimum atomic E-state index is -0.597. The van der Waals surface area contributed by atoms with E-state index in [-0.39, 0.29) is 18.1 Å². The van der Waals surface area contributed by atoms with Gasteiger partial charge in [0.2, 0.25) is 0 Å². The molecule has 6 nitrogen and oxygen atoms in total. The third kappa shape index (κ3) is 4.45. The van der Waals surface area contributed by atoms with Gasteiger partial charge in [0.15, 0.2) is 0 Å². The van der Waals surface area contributed by atoms with Crippen LogP contribution in [0, 0.1) is 0 Å². The summed E-state index contributed by atoms with van der Waals surface area (Å²) in [7, 11) is 1.61. The van der Waals surface area contributed by atoms with Gasteiger partial charge >= 0.3 is 11.6 Å². The second-order valence-electron chi connectivity index (χ2n) is 6.67. The fourth-order valence-electron chi connectivity index (χ4n) is 3.16. The Balaban J connectivity index is 1.59. The third-order valence-electron chi connectivity index (χ3n) is 4.67. The van der Waals surface area contributed by atoms with Crippen molar-refractivity contribution >= 4 is 55.8 Å². The third-order valence-corrected chi connectivity index (χ3v) is 6.02. The fourth-order valence-corrected chi connectivity index (χ4v) is 4.20. The van der Waals surface area contributed by atoms with Gasteiger partial charge in [-0.2, -0.15) is 0 Å². The molecule has 0 aliphatic carbocycles. The smallest absolute Gasteiger partial charge is 0.340 e. The van der Waals surface area contributed by atoms with Crippen LogP contribution in [-0.4, -0.2) is 18.9 Å². The highest BCUT2D eigenvalue weighted by atomic mass is 79.9. The van der Waals surface area contributed by atoms with E-state index in [1.54, 1.807) is 55.6 Å². The lowest BCUT2D eigenvalue weighted by Crippen LogP contribution is -2.27. The Morgan fingerprint density at radius 3 is 2.68 bits per heavy atom. The second kappa shape index (κ2) is 8.87. The summed E-state index contributed by atoms with van der Waals surface area (Å²) in [5.74, 6) is -0.813. The van der Waals surface area contributed by atoms with Crippen LogP contribution in [0.15, 0.2) is 79.7 Å². The molecule has 0 unspecified atom stereocenters. The molecule has 31 heavy (non-hydrogen) atoms. The Morgan fingerprint density at radius 1 is 1.10 bits per heavy atom. The van der Waals surface area contributed by atoms with Gasteiger partial charge in [0.25, 0.3) is 5.91 Å². The van der Waals surface area contributed by atoms with Crippen molar-refractivity contribution in [2.45, 2.75) is 6.61 Å². The lowest BCUT2D eigenvalue weighted by molar-refractivity contribution is 0.0474. The first-order valence-corrected chi connectivity index (χ1v) is 10.9. The van der Waals surface area contributed by atoms with Gasteiger partial charge in [-0.1, -0.05) is 34.1 Å². The average Bonchev–Trinajstić information content (AvgIpc) is 3.30. The Bertz CT molecular complexity index is 1330. The zero-order valence-electron chi connectivity index (χ0n) is 16.3. The molecule has 0 saturated heterocycles. The highest BCUT2D eigenvalue weighted by Crippen LogP contribution is 2.25. The van der Waals surface area contributed by atoms with E-state index in [0.29, 0.717) is 27.1 Å². The number of halogens is 1. The SMILES string of the molecule is CN(C(=O)c1cccs1)c1ccccc1C(=O)OCc1cc(=O)oc2cc(Br)ccc12. The van der Waals surface area contributed by atoms with Crippen molar-refractivity contribution in [2.24, 2.45) is 0 Å². The number of thiophene rings is 1. The van der Waals surface area contributed by atoms with E-state index in [0.717, 1.165) is 4.47 Å². The highest BCUT2D eigenvalue weighted by Gasteiger charge is 2.21. The molecule has 0 aliphatic heterocycles. The highest BCUT2D eigenvalue weighted by molar-refractivity contribution is 9.10. The quantitative estimate of drug-likeness (QED) is 0.278. The molecular weight excluding hydrogens is 482 g/mol. The maximum absolute atomic E-state index is 12.9. The van der Waals surface area contributed by atoms with Gasteiger partial charge in [-0.05, 0) is 41.8 Å². The predicted molar refractivity (Wildman–Crippen MR) is 123 cm³/mol. The van der Waals surface area contributed by atoms with Crippen molar-refractivity contribution in [3.05, 3.63) is 96.9 Å². The molecule has 0 radical (unpaired) electrons. The van der Waals surface area contributed by atoms with Crippen LogP contribution in [0.2, 0.25) is 0 Å². The molecule has 0 N–H and O–H groups in total. The van der Waals surface area contributed by atoms with Gasteiger partial charge in [-0.15, -0.1) is 11.3 Å². The van der Waals surface area contributed by atoms with Crippen LogP contribution in [0.25, 0.3) is 11.0 Å². The minimum Gasteiger partial charge on any atom is -0.457 e. The van der Waals surface area contributed by atoms with E-state index < -0.39 is 11.6 Å². The number of carbonyl (C=O) groups excluding carboxylic acids is 2. The summed E-state index contributed by atoms with van der Waals surface area (Å²) in [5, 5.41) is 2.49. The van der Waals surface area contributed by atoms with Crippen molar-refractivity contribution in [3.63, 3.8) is 0 Å². The zero-order valence-corrected chi connectivity index (χ0v) is 18.7. The molecule has 0 bridgehead atoms. The number of amides is 1. The van der Waals surface area contributed by atoms with Crippen LogP contribution in [0.5, 0.6) is 0 Å². The lowest BCUT2D eigenvalue weighted by atomic mass is 10.1. The van der Waals surface area contributed by atoms with Gasteiger partial charge in [-0.3, -0.25) is 4.79 Å². The van der Waals surface area contributed by atoms with Crippen molar-refractivity contribution in [2.75, 3.05) is 11.9 Å². The van der Waals surface area contributed by atoms with Crippen LogP contribution < -0.4 is 10.5 Å².